The van der Waals surface area contributed by atoms with Gasteiger partial charge in [0.05, 0.1) is 5.41 Å². The molecule has 100 valence electrons. The summed E-state index contributed by atoms with van der Waals surface area (Å²) in [6.07, 6.45) is 7.14. The van der Waals surface area contributed by atoms with Crippen molar-refractivity contribution >= 4 is 15.9 Å². The van der Waals surface area contributed by atoms with Gasteiger partial charge in [-0.2, -0.15) is 0 Å². The SMILES string of the molecule is Cn1cnnc1C1(c2cncc(Br)c2)CC(CO)C1. The van der Waals surface area contributed by atoms with Crippen LogP contribution in [-0.2, 0) is 12.5 Å². The first-order valence-corrected chi connectivity index (χ1v) is 7.01. The average molecular weight is 323 g/mol. The van der Waals surface area contributed by atoms with Crippen LogP contribution >= 0.6 is 15.9 Å². The van der Waals surface area contributed by atoms with E-state index in [9.17, 15) is 5.11 Å². The zero-order valence-corrected chi connectivity index (χ0v) is 12.2. The molecule has 2 aromatic heterocycles. The van der Waals surface area contributed by atoms with Crippen molar-refractivity contribution in [1.82, 2.24) is 19.7 Å². The van der Waals surface area contributed by atoms with Gasteiger partial charge in [0.1, 0.15) is 12.2 Å². The summed E-state index contributed by atoms with van der Waals surface area (Å²) in [6.45, 7) is 0.223. The number of aliphatic hydroxyl groups excluding tert-OH is 1. The first kappa shape index (κ1) is 12.7. The molecular formula is C13H15BrN4O. The van der Waals surface area contributed by atoms with Crippen LogP contribution in [0.4, 0.5) is 0 Å². The molecule has 0 atom stereocenters. The van der Waals surface area contributed by atoms with E-state index < -0.39 is 0 Å². The monoisotopic (exact) mass is 322 g/mol. The van der Waals surface area contributed by atoms with Gasteiger partial charge < -0.3 is 9.67 Å². The van der Waals surface area contributed by atoms with Crippen LogP contribution in [-0.4, -0.2) is 31.5 Å². The predicted octanol–water partition coefficient (Wildman–Crippen LogP) is 1.66. The number of hydrogen-bond acceptors (Lipinski definition) is 4. The first-order valence-electron chi connectivity index (χ1n) is 6.22. The zero-order valence-electron chi connectivity index (χ0n) is 10.6. The third-order valence-corrected chi connectivity index (χ3v) is 4.36. The number of rotatable bonds is 3. The average Bonchev–Trinajstić information content (AvgIpc) is 2.76. The van der Waals surface area contributed by atoms with E-state index in [4.69, 9.17) is 0 Å². The lowest BCUT2D eigenvalue weighted by Crippen LogP contribution is -2.45. The van der Waals surface area contributed by atoms with Gasteiger partial charge in [-0.3, -0.25) is 4.98 Å². The van der Waals surface area contributed by atoms with Crippen LogP contribution in [0.5, 0.6) is 0 Å². The molecule has 0 saturated heterocycles. The van der Waals surface area contributed by atoms with E-state index >= 15 is 0 Å². The number of pyridine rings is 1. The molecular weight excluding hydrogens is 308 g/mol. The molecule has 1 N–H and O–H groups in total. The molecule has 1 fully saturated rings. The van der Waals surface area contributed by atoms with Crippen molar-refractivity contribution < 1.29 is 5.11 Å². The molecule has 0 bridgehead atoms. The van der Waals surface area contributed by atoms with Gasteiger partial charge in [-0.05, 0) is 46.3 Å². The van der Waals surface area contributed by atoms with Gasteiger partial charge in [0.2, 0.25) is 0 Å². The molecule has 0 amide bonds. The van der Waals surface area contributed by atoms with Gasteiger partial charge in [0.15, 0.2) is 0 Å². The molecule has 0 aromatic carbocycles. The van der Waals surface area contributed by atoms with Gasteiger partial charge in [-0.1, -0.05) is 0 Å². The van der Waals surface area contributed by atoms with Crippen molar-refractivity contribution in [2.24, 2.45) is 13.0 Å². The minimum Gasteiger partial charge on any atom is -0.396 e. The fourth-order valence-electron chi connectivity index (χ4n) is 2.99. The highest BCUT2D eigenvalue weighted by Crippen LogP contribution is 2.51. The van der Waals surface area contributed by atoms with Crippen LogP contribution in [0.2, 0.25) is 0 Å². The number of nitrogens with zero attached hydrogens (tertiary/aromatic N) is 4. The van der Waals surface area contributed by atoms with Crippen LogP contribution in [0.15, 0.2) is 29.3 Å². The maximum atomic E-state index is 9.32. The number of aryl methyl sites for hydroxylation is 1. The van der Waals surface area contributed by atoms with Crippen molar-refractivity contribution in [3.8, 4) is 0 Å². The molecule has 19 heavy (non-hydrogen) atoms. The molecule has 2 heterocycles. The van der Waals surface area contributed by atoms with Crippen molar-refractivity contribution in [2.45, 2.75) is 18.3 Å². The highest BCUT2D eigenvalue weighted by Gasteiger charge is 2.49. The van der Waals surface area contributed by atoms with E-state index in [1.54, 1.807) is 12.5 Å². The minimum absolute atomic E-state index is 0.171. The van der Waals surface area contributed by atoms with Gasteiger partial charge in [0, 0.05) is 30.5 Å². The Morgan fingerprint density at radius 2 is 2.26 bits per heavy atom. The van der Waals surface area contributed by atoms with Crippen LogP contribution in [0.1, 0.15) is 24.2 Å². The van der Waals surface area contributed by atoms with Crippen molar-refractivity contribution in [3.63, 3.8) is 0 Å². The fraction of sp³-hybridized carbons (Fsp3) is 0.462. The standard InChI is InChI=1S/C13H15BrN4O/c1-18-8-16-17-12(18)13(3-9(4-13)7-19)10-2-11(14)6-15-5-10/h2,5-6,8-9,19H,3-4,7H2,1H3. The molecule has 0 spiro atoms. The third-order valence-electron chi connectivity index (χ3n) is 3.93. The van der Waals surface area contributed by atoms with Crippen LogP contribution < -0.4 is 0 Å². The maximum absolute atomic E-state index is 9.32. The van der Waals surface area contributed by atoms with Gasteiger partial charge >= 0.3 is 0 Å². The fourth-order valence-corrected chi connectivity index (χ4v) is 3.36. The zero-order chi connectivity index (χ0) is 13.5. The van der Waals surface area contributed by atoms with Crippen molar-refractivity contribution in [3.05, 3.63) is 40.6 Å². The largest absolute Gasteiger partial charge is 0.396 e. The smallest absolute Gasteiger partial charge is 0.143 e. The quantitative estimate of drug-likeness (QED) is 0.933. The number of aliphatic hydroxyl groups is 1. The summed E-state index contributed by atoms with van der Waals surface area (Å²) in [5.41, 5.74) is 0.956. The number of hydrogen-bond donors (Lipinski definition) is 1. The Balaban J connectivity index is 2.07. The highest BCUT2D eigenvalue weighted by atomic mass is 79.9. The number of halogens is 1. The summed E-state index contributed by atoms with van der Waals surface area (Å²) in [7, 11) is 1.95. The van der Waals surface area contributed by atoms with Gasteiger partial charge in [-0.25, -0.2) is 0 Å². The maximum Gasteiger partial charge on any atom is 0.143 e. The normalized spacial score (nSPS) is 26.2. The summed E-state index contributed by atoms with van der Waals surface area (Å²) in [4.78, 5) is 4.26. The summed E-state index contributed by atoms with van der Waals surface area (Å²) < 4.78 is 2.91. The minimum atomic E-state index is -0.171. The van der Waals surface area contributed by atoms with E-state index in [0.717, 1.165) is 28.7 Å². The van der Waals surface area contributed by atoms with Crippen LogP contribution in [0.25, 0.3) is 0 Å². The van der Waals surface area contributed by atoms with E-state index in [2.05, 4.69) is 37.2 Å². The van der Waals surface area contributed by atoms with E-state index in [-0.39, 0.29) is 12.0 Å². The molecule has 3 rings (SSSR count). The van der Waals surface area contributed by atoms with Crippen molar-refractivity contribution in [2.75, 3.05) is 6.61 Å². The number of aromatic nitrogens is 4. The molecule has 5 nitrogen and oxygen atoms in total. The van der Waals surface area contributed by atoms with Crippen molar-refractivity contribution in [1.29, 1.82) is 0 Å². The third kappa shape index (κ3) is 1.99. The molecule has 0 radical (unpaired) electrons. The van der Waals surface area contributed by atoms with E-state index in [0.29, 0.717) is 5.92 Å². The molecule has 1 aliphatic rings. The van der Waals surface area contributed by atoms with E-state index in [1.807, 2.05) is 17.8 Å². The molecule has 6 heteroatoms. The lowest BCUT2D eigenvalue weighted by atomic mass is 9.58. The Bertz CT molecular complexity index is 592. The molecule has 0 aliphatic heterocycles. The first-order chi connectivity index (χ1) is 9.15. The summed E-state index contributed by atoms with van der Waals surface area (Å²) in [5.74, 6) is 1.27. The van der Waals surface area contributed by atoms with Gasteiger partial charge in [-0.15, -0.1) is 10.2 Å². The Hall–Kier alpha value is -1.27. The second kappa shape index (κ2) is 4.68. The Morgan fingerprint density at radius 1 is 1.47 bits per heavy atom. The van der Waals surface area contributed by atoms with Crippen LogP contribution in [0, 0.1) is 5.92 Å². The highest BCUT2D eigenvalue weighted by molar-refractivity contribution is 9.10. The summed E-state index contributed by atoms with van der Waals surface area (Å²) in [6, 6.07) is 2.08. The lowest BCUT2D eigenvalue weighted by Gasteiger charge is -2.46. The second-order valence-electron chi connectivity index (χ2n) is 5.20. The Kier molecular flexibility index (Phi) is 3.14. The Morgan fingerprint density at radius 3 is 2.84 bits per heavy atom. The van der Waals surface area contributed by atoms with Gasteiger partial charge in [0.25, 0.3) is 0 Å². The summed E-state index contributed by atoms with van der Waals surface area (Å²) >= 11 is 3.47. The van der Waals surface area contributed by atoms with Crippen LogP contribution in [0.3, 0.4) is 0 Å². The van der Waals surface area contributed by atoms with E-state index in [1.165, 1.54) is 0 Å². The molecule has 1 aliphatic carbocycles. The summed E-state index contributed by atoms with van der Waals surface area (Å²) in [5, 5.41) is 17.6. The molecule has 2 aromatic rings. The molecule has 0 unspecified atom stereocenters. The topological polar surface area (TPSA) is 63.8 Å². The molecule has 1 saturated carbocycles. The second-order valence-corrected chi connectivity index (χ2v) is 6.11. The predicted molar refractivity (Wildman–Crippen MR) is 73.5 cm³/mol. The lowest BCUT2D eigenvalue weighted by molar-refractivity contribution is 0.0938. The Labute approximate surface area is 119 Å².